The summed E-state index contributed by atoms with van der Waals surface area (Å²) in [7, 11) is 0. The van der Waals surface area contributed by atoms with E-state index in [4.69, 9.17) is 9.47 Å². The van der Waals surface area contributed by atoms with Crippen molar-refractivity contribution in [2.24, 2.45) is 0 Å². The third-order valence-corrected chi connectivity index (χ3v) is 6.19. The van der Waals surface area contributed by atoms with Crippen molar-refractivity contribution in [2.75, 3.05) is 13.2 Å². The van der Waals surface area contributed by atoms with Crippen LogP contribution in [0.2, 0.25) is 0 Å². The monoisotopic (exact) mass is 526 g/mol. The molecule has 4 rings (SSSR count). The number of nitrogens with zero attached hydrogens (tertiary/aromatic N) is 2. The Morgan fingerprint density at radius 1 is 0.763 bits per heavy atom. The van der Waals surface area contributed by atoms with Crippen molar-refractivity contribution in [3.05, 3.63) is 95.3 Å². The van der Waals surface area contributed by atoms with Gasteiger partial charge in [0, 0.05) is 11.8 Å². The van der Waals surface area contributed by atoms with Gasteiger partial charge in [-0.15, -0.1) is 0 Å². The van der Waals surface area contributed by atoms with Crippen molar-refractivity contribution in [1.29, 1.82) is 0 Å². The molecule has 38 heavy (non-hydrogen) atoms. The molecule has 0 radical (unpaired) electrons. The lowest BCUT2D eigenvalue weighted by Crippen LogP contribution is -2.19. The molecule has 200 valence electrons. The minimum absolute atomic E-state index is 0.152. The second kappa shape index (κ2) is 12.7. The third kappa shape index (κ3) is 7.91. The van der Waals surface area contributed by atoms with Crippen LogP contribution < -0.4 is 9.47 Å². The van der Waals surface area contributed by atoms with E-state index in [0.717, 1.165) is 41.6 Å². The fourth-order valence-electron chi connectivity index (χ4n) is 4.07. The van der Waals surface area contributed by atoms with Crippen molar-refractivity contribution in [3.8, 4) is 11.5 Å². The first-order chi connectivity index (χ1) is 18.3. The average molecular weight is 527 g/mol. The minimum atomic E-state index is -4.38. The summed E-state index contributed by atoms with van der Waals surface area (Å²) in [6, 6.07) is 15.8. The molecule has 1 aromatic heterocycles. The molecule has 0 aliphatic carbocycles. The van der Waals surface area contributed by atoms with Crippen LogP contribution in [0.3, 0.4) is 0 Å². The number of alkyl halides is 3. The van der Waals surface area contributed by atoms with Crippen LogP contribution in [0.1, 0.15) is 42.3 Å². The van der Waals surface area contributed by atoms with Gasteiger partial charge < -0.3 is 9.47 Å². The Kier molecular flexibility index (Phi) is 9.15. The first-order valence-electron chi connectivity index (χ1n) is 12.7. The second-order valence-electron chi connectivity index (χ2n) is 9.18. The number of ether oxygens (including phenoxy) is 2. The van der Waals surface area contributed by atoms with Crippen LogP contribution >= 0.6 is 0 Å². The van der Waals surface area contributed by atoms with Gasteiger partial charge in [0.2, 0.25) is 0 Å². The zero-order valence-electron chi connectivity index (χ0n) is 21.2. The van der Waals surface area contributed by atoms with Gasteiger partial charge in [-0.25, -0.2) is 14.4 Å². The molecule has 8 heteroatoms. The number of halogens is 4. The lowest BCUT2D eigenvalue weighted by molar-refractivity contribution is -0.153. The van der Waals surface area contributed by atoms with Crippen LogP contribution in [0.4, 0.5) is 17.6 Å². The standard InChI is InChI=1S/C30H30F4N2O2/c1-2-3-16-37-26-18-35-28(36-19-26)15-8-22-7-14-27-24(17-22)11-10-23(29(27)31)9-4-21-5-12-25(13-6-21)38-20-30(32,33)34/h5-7,10-14,17-19H,2-4,8-9,15-16,20H2,1H3. The fraction of sp³-hybridized carbons (Fsp3) is 0.333. The number of fused-ring (bicyclic) bond motifs is 1. The number of hydrogen-bond acceptors (Lipinski definition) is 4. The van der Waals surface area contributed by atoms with Gasteiger partial charge in [-0.3, -0.25) is 0 Å². The van der Waals surface area contributed by atoms with Crippen LogP contribution in [-0.4, -0.2) is 29.4 Å². The molecule has 0 bridgehead atoms. The Morgan fingerprint density at radius 3 is 2.18 bits per heavy atom. The molecule has 0 aliphatic heterocycles. The molecule has 0 fully saturated rings. The molecule has 0 atom stereocenters. The number of benzene rings is 3. The largest absolute Gasteiger partial charge is 0.490 e. The van der Waals surface area contributed by atoms with E-state index in [1.807, 2.05) is 24.3 Å². The van der Waals surface area contributed by atoms with E-state index < -0.39 is 12.8 Å². The summed E-state index contributed by atoms with van der Waals surface area (Å²) in [5.74, 6) is 1.31. The summed E-state index contributed by atoms with van der Waals surface area (Å²) < 4.78 is 62.4. The Bertz CT molecular complexity index is 1320. The summed E-state index contributed by atoms with van der Waals surface area (Å²) in [5.41, 5.74) is 2.56. The van der Waals surface area contributed by atoms with Crippen molar-refractivity contribution in [3.63, 3.8) is 0 Å². The molecule has 0 spiro atoms. The summed E-state index contributed by atoms with van der Waals surface area (Å²) in [6.07, 6.45) is 3.52. The highest BCUT2D eigenvalue weighted by Crippen LogP contribution is 2.25. The van der Waals surface area contributed by atoms with Gasteiger partial charge in [0.1, 0.15) is 17.4 Å². The van der Waals surface area contributed by atoms with Gasteiger partial charge in [0.25, 0.3) is 0 Å². The normalized spacial score (nSPS) is 11.6. The molecular weight excluding hydrogens is 496 g/mol. The molecule has 0 N–H and O–H groups in total. The molecule has 4 aromatic rings. The van der Waals surface area contributed by atoms with Crippen LogP contribution in [-0.2, 0) is 25.7 Å². The molecule has 0 amide bonds. The van der Waals surface area contributed by atoms with E-state index >= 15 is 4.39 Å². The quantitative estimate of drug-likeness (QED) is 0.142. The van der Waals surface area contributed by atoms with Crippen molar-refractivity contribution in [2.45, 2.75) is 51.6 Å². The van der Waals surface area contributed by atoms with E-state index in [1.165, 1.54) is 12.1 Å². The first-order valence-corrected chi connectivity index (χ1v) is 12.7. The molecule has 0 unspecified atom stereocenters. The predicted octanol–water partition coefficient (Wildman–Crippen LogP) is 7.46. The Hall–Kier alpha value is -3.68. The summed E-state index contributed by atoms with van der Waals surface area (Å²) in [5, 5.41) is 1.39. The Morgan fingerprint density at radius 2 is 1.47 bits per heavy atom. The van der Waals surface area contributed by atoms with Crippen LogP contribution in [0, 0.1) is 5.82 Å². The highest BCUT2D eigenvalue weighted by Gasteiger charge is 2.28. The van der Waals surface area contributed by atoms with Crippen molar-refractivity contribution in [1.82, 2.24) is 9.97 Å². The maximum absolute atomic E-state index is 15.2. The van der Waals surface area contributed by atoms with Gasteiger partial charge in [0.05, 0.1) is 19.0 Å². The highest BCUT2D eigenvalue weighted by molar-refractivity contribution is 5.84. The number of unbranched alkanes of at least 4 members (excludes halogenated alkanes) is 1. The average Bonchev–Trinajstić information content (AvgIpc) is 2.91. The third-order valence-electron chi connectivity index (χ3n) is 6.19. The summed E-state index contributed by atoms with van der Waals surface area (Å²) in [4.78, 5) is 8.76. The SMILES string of the molecule is CCCCOc1cnc(CCc2ccc3c(F)c(CCc4ccc(OCC(F)(F)F)cc4)ccc3c2)nc1. The molecule has 0 saturated carbocycles. The number of aromatic nitrogens is 2. The van der Waals surface area contributed by atoms with Crippen LogP contribution in [0.5, 0.6) is 11.5 Å². The maximum atomic E-state index is 15.2. The summed E-state index contributed by atoms with van der Waals surface area (Å²) >= 11 is 0. The van der Waals surface area contributed by atoms with Crippen molar-refractivity contribution < 1.29 is 27.0 Å². The van der Waals surface area contributed by atoms with E-state index in [1.54, 1.807) is 30.6 Å². The lowest BCUT2D eigenvalue weighted by atomic mass is 9.98. The van der Waals surface area contributed by atoms with Gasteiger partial charge in [0.15, 0.2) is 12.4 Å². The molecule has 0 saturated heterocycles. The van der Waals surface area contributed by atoms with Gasteiger partial charge in [-0.05, 0) is 59.9 Å². The summed E-state index contributed by atoms with van der Waals surface area (Å²) in [6.45, 7) is 1.44. The van der Waals surface area contributed by atoms with Crippen molar-refractivity contribution >= 4 is 10.8 Å². The minimum Gasteiger partial charge on any atom is -0.490 e. The Labute approximate surface area is 219 Å². The van der Waals surface area contributed by atoms with E-state index in [0.29, 0.717) is 42.6 Å². The van der Waals surface area contributed by atoms with Crippen LogP contribution in [0.25, 0.3) is 10.8 Å². The zero-order valence-corrected chi connectivity index (χ0v) is 21.2. The Balaban J connectivity index is 1.33. The molecule has 4 nitrogen and oxygen atoms in total. The maximum Gasteiger partial charge on any atom is 0.422 e. The molecule has 3 aromatic carbocycles. The van der Waals surface area contributed by atoms with Crippen LogP contribution in [0.15, 0.2) is 67.0 Å². The first kappa shape index (κ1) is 27.4. The zero-order chi connectivity index (χ0) is 27.0. The number of aryl methyl sites for hydroxylation is 4. The smallest absolute Gasteiger partial charge is 0.422 e. The number of rotatable bonds is 12. The van der Waals surface area contributed by atoms with Gasteiger partial charge in [-0.1, -0.05) is 55.8 Å². The molecular formula is C30H30F4N2O2. The predicted molar refractivity (Wildman–Crippen MR) is 139 cm³/mol. The highest BCUT2D eigenvalue weighted by atomic mass is 19.4. The molecule has 1 heterocycles. The molecule has 0 aliphatic rings. The lowest BCUT2D eigenvalue weighted by Gasteiger charge is -2.10. The second-order valence-corrected chi connectivity index (χ2v) is 9.18. The topological polar surface area (TPSA) is 44.2 Å². The van der Waals surface area contributed by atoms with E-state index in [9.17, 15) is 13.2 Å². The van der Waals surface area contributed by atoms with E-state index in [2.05, 4.69) is 16.9 Å². The number of hydrogen-bond donors (Lipinski definition) is 0. The van der Waals surface area contributed by atoms with Gasteiger partial charge in [-0.2, -0.15) is 13.2 Å². The van der Waals surface area contributed by atoms with E-state index in [-0.39, 0.29) is 11.6 Å². The van der Waals surface area contributed by atoms with Gasteiger partial charge >= 0.3 is 6.18 Å². The fourth-order valence-corrected chi connectivity index (χ4v) is 4.07.